The van der Waals surface area contributed by atoms with E-state index >= 15 is 0 Å². The summed E-state index contributed by atoms with van der Waals surface area (Å²) in [4.78, 5) is 12.9. The summed E-state index contributed by atoms with van der Waals surface area (Å²) in [6.07, 6.45) is 4.33. The molecule has 0 unspecified atom stereocenters. The molecule has 2 N–H and O–H groups in total. The van der Waals surface area contributed by atoms with E-state index in [1.807, 2.05) is 31.3 Å². The molecular formula is C19H23N5O3. The van der Waals surface area contributed by atoms with Gasteiger partial charge in [-0.05, 0) is 43.5 Å². The number of nitrogens with zero attached hydrogens (tertiary/aromatic N) is 4. The van der Waals surface area contributed by atoms with Gasteiger partial charge in [-0.25, -0.2) is 0 Å². The minimum atomic E-state index is -0.499. The summed E-state index contributed by atoms with van der Waals surface area (Å²) >= 11 is 0. The maximum absolute atomic E-state index is 12.9. The average molecular weight is 369 g/mol. The predicted octanol–water partition coefficient (Wildman–Crippen LogP) is 1.53. The number of rotatable bonds is 6. The minimum absolute atomic E-state index is 0.0480. The first-order chi connectivity index (χ1) is 13.0. The molecule has 27 heavy (non-hydrogen) atoms. The molecule has 8 nitrogen and oxygen atoms in total. The fourth-order valence-electron chi connectivity index (χ4n) is 3.46. The van der Waals surface area contributed by atoms with E-state index in [0.29, 0.717) is 18.1 Å². The van der Waals surface area contributed by atoms with Crippen LogP contribution in [0, 0.1) is 0 Å². The number of hydrogen-bond donors (Lipinski definition) is 2. The number of carbonyl (C=O) groups is 1. The van der Waals surface area contributed by atoms with Crippen molar-refractivity contribution in [1.29, 1.82) is 0 Å². The van der Waals surface area contributed by atoms with Gasteiger partial charge in [-0.3, -0.25) is 14.2 Å². The predicted molar refractivity (Wildman–Crippen MR) is 99.4 cm³/mol. The molecule has 0 saturated heterocycles. The van der Waals surface area contributed by atoms with Crippen LogP contribution in [0.4, 0.5) is 0 Å². The lowest BCUT2D eigenvalue weighted by Gasteiger charge is -2.40. The van der Waals surface area contributed by atoms with Gasteiger partial charge in [0.25, 0.3) is 5.91 Å². The number of aromatic nitrogens is 4. The molecule has 1 aliphatic carbocycles. The number of hydrogen-bond acceptors (Lipinski definition) is 5. The van der Waals surface area contributed by atoms with Crippen molar-refractivity contribution in [3.05, 3.63) is 41.9 Å². The van der Waals surface area contributed by atoms with Gasteiger partial charge in [0.2, 0.25) is 0 Å². The van der Waals surface area contributed by atoms with Crippen LogP contribution in [0.3, 0.4) is 0 Å². The normalized spacial score (nSPS) is 15.5. The summed E-state index contributed by atoms with van der Waals surface area (Å²) in [7, 11) is 3.61. The Kier molecular flexibility index (Phi) is 4.35. The number of aliphatic hydroxyl groups is 1. The second-order valence-electron chi connectivity index (χ2n) is 7.13. The molecule has 1 amide bonds. The smallest absolute Gasteiger partial charge is 0.270 e. The summed E-state index contributed by atoms with van der Waals surface area (Å²) in [6.45, 7) is 0.338. The van der Waals surface area contributed by atoms with Crippen molar-refractivity contribution in [1.82, 2.24) is 24.9 Å². The number of nitrogens with one attached hydrogen (secondary N) is 1. The van der Waals surface area contributed by atoms with Gasteiger partial charge in [-0.1, -0.05) is 0 Å². The van der Waals surface area contributed by atoms with Gasteiger partial charge in [0.15, 0.2) is 0 Å². The average Bonchev–Trinajstić information content (AvgIpc) is 3.17. The molecule has 142 valence electrons. The van der Waals surface area contributed by atoms with Crippen LogP contribution in [-0.2, 0) is 20.7 Å². The van der Waals surface area contributed by atoms with E-state index in [4.69, 9.17) is 4.74 Å². The molecule has 1 saturated carbocycles. The second kappa shape index (κ2) is 6.70. The SMILES string of the molecule is Cn1nccc1COc1ccc2nn(C)c(C(=O)NC3(CO)CCC3)c2c1. The van der Waals surface area contributed by atoms with Crippen LogP contribution < -0.4 is 10.1 Å². The van der Waals surface area contributed by atoms with E-state index in [1.54, 1.807) is 22.6 Å². The van der Waals surface area contributed by atoms with E-state index in [-0.39, 0.29) is 12.5 Å². The van der Waals surface area contributed by atoms with Crippen molar-refractivity contribution in [3.8, 4) is 5.75 Å². The first kappa shape index (κ1) is 17.5. The Hall–Kier alpha value is -2.87. The van der Waals surface area contributed by atoms with Crippen molar-refractivity contribution in [2.24, 2.45) is 14.1 Å². The molecule has 1 fully saturated rings. The maximum atomic E-state index is 12.9. The zero-order chi connectivity index (χ0) is 19.0. The van der Waals surface area contributed by atoms with E-state index in [0.717, 1.165) is 35.9 Å². The first-order valence-electron chi connectivity index (χ1n) is 9.01. The summed E-state index contributed by atoms with van der Waals surface area (Å²) in [5.41, 5.74) is 1.65. The standard InChI is InChI=1S/C19H23N5O3/c1-23-13(6-9-20-23)11-27-14-4-5-16-15(10-14)17(24(2)22-16)18(26)21-19(12-25)7-3-8-19/h4-6,9-10,25H,3,7-8,11-12H2,1-2H3,(H,21,26). The Morgan fingerprint density at radius 1 is 1.30 bits per heavy atom. The van der Waals surface area contributed by atoms with E-state index in [9.17, 15) is 9.90 Å². The lowest BCUT2D eigenvalue weighted by Crippen LogP contribution is -2.56. The van der Waals surface area contributed by atoms with Gasteiger partial charge < -0.3 is 15.2 Å². The molecular weight excluding hydrogens is 346 g/mol. The van der Waals surface area contributed by atoms with E-state index in [2.05, 4.69) is 15.5 Å². The Balaban J connectivity index is 1.59. The Morgan fingerprint density at radius 3 is 2.74 bits per heavy atom. The van der Waals surface area contributed by atoms with E-state index < -0.39 is 5.54 Å². The fraction of sp³-hybridized carbons (Fsp3) is 0.421. The highest BCUT2D eigenvalue weighted by Crippen LogP contribution is 2.32. The summed E-state index contributed by atoms with van der Waals surface area (Å²) in [6, 6.07) is 7.42. The third kappa shape index (κ3) is 3.16. The van der Waals surface area contributed by atoms with Crippen LogP contribution >= 0.6 is 0 Å². The van der Waals surface area contributed by atoms with Crippen molar-refractivity contribution >= 4 is 16.8 Å². The number of aryl methyl sites for hydroxylation is 2. The quantitative estimate of drug-likeness (QED) is 0.687. The van der Waals surface area contributed by atoms with Crippen LogP contribution in [0.5, 0.6) is 5.75 Å². The van der Waals surface area contributed by atoms with Gasteiger partial charge in [0.1, 0.15) is 18.1 Å². The van der Waals surface area contributed by atoms with Crippen molar-refractivity contribution < 1.29 is 14.6 Å². The number of benzene rings is 1. The number of amides is 1. The first-order valence-corrected chi connectivity index (χ1v) is 9.01. The molecule has 2 heterocycles. The van der Waals surface area contributed by atoms with Gasteiger partial charge in [-0.15, -0.1) is 0 Å². The summed E-state index contributed by atoms with van der Waals surface area (Å²) in [5, 5.41) is 21.9. The molecule has 0 spiro atoms. The highest BCUT2D eigenvalue weighted by molar-refractivity contribution is 6.05. The molecule has 0 bridgehead atoms. The van der Waals surface area contributed by atoms with Crippen LogP contribution in [-0.4, -0.2) is 42.7 Å². The minimum Gasteiger partial charge on any atom is -0.487 e. The largest absolute Gasteiger partial charge is 0.487 e. The van der Waals surface area contributed by atoms with Crippen LogP contribution in [0.1, 0.15) is 35.4 Å². The van der Waals surface area contributed by atoms with Crippen LogP contribution in [0.15, 0.2) is 30.5 Å². The van der Waals surface area contributed by atoms with Gasteiger partial charge in [0, 0.05) is 25.7 Å². The summed E-state index contributed by atoms with van der Waals surface area (Å²) < 4.78 is 9.20. The molecule has 0 atom stereocenters. The topological polar surface area (TPSA) is 94.2 Å². The Bertz CT molecular complexity index is 981. The van der Waals surface area contributed by atoms with Gasteiger partial charge in [0.05, 0.1) is 23.4 Å². The van der Waals surface area contributed by atoms with Crippen LogP contribution in [0.2, 0.25) is 0 Å². The molecule has 3 aromatic rings. The Labute approximate surface area is 156 Å². The maximum Gasteiger partial charge on any atom is 0.270 e. The molecule has 0 aliphatic heterocycles. The third-order valence-electron chi connectivity index (χ3n) is 5.32. The monoisotopic (exact) mass is 369 g/mol. The molecule has 1 aromatic carbocycles. The van der Waals surface area contributed by atoms with E-state index in [1.165, 1.54) is 0 Å². The number of fused-ring (bicyclic) bond motifs is 1. The number of carbonyl (C=O) groups excluding carboxylic acids is 1. The molecule has 2 aromatic heterocycles. The highest BCUT2D eigenvalue weighted by atomic mass is 16.5. The zero-order valence-electron chi connectivity index (χ0n) is 15.5. The summed E-state index contributed by atoms with van der Waals surface area (Å²) in [5.74, 6) is 0.434. The van der Waals surface area contributed by atoms with Gasteiger partial charge in [-0.2, -0.15) is 10.2 Å². The van der Waals surface area contributed by atoms with Crippen molar-refractivity contribution in [2.75, 3.05) is 6.61 Å². The lowest BCUT2D eigenvalue weighted by molar-refractivity contribution is 0.0635. The molecule has 0 radical (unpaired) electrons. The fourth-order valence-corrected chi connectivity index (χ4v) is 3.46. The van der Waals surface area contributed by atoms with Gasteiger partial charge >= 0.3 is 0 Å². The van der Waals surface area contributed by atoms with Crippen molar-refractivity contribution in [3.63, 3.8) is 0 Å². The third-order valence-corrected chi connectivity index (χ3v) is 5.32. The lowest BCUT2D eigenvalue weighted by atomic mass is 9.77. The number of aliphatic hydroxyl groups excluding tert-OH is 1. The van der Waals surface area contributed by atoms with Crippen molar-refractivity contribution in [2.45, 2.75) is 31.4 Å². The molecule has 1 aliphatic rings. The highest BCUT2D eigenvalue weighted by Gasteiger charge is 2.38. The second-order valence-corrected chi connectivity index (χ2v) is 7.13. The molecule has 4 rings (SSSR count). The molecule has 8 heteroatoms. The van der Waals surface area contributed by atoms with Crippen LogP contribution in [0.25, 0.3) is 10.9 Å². The zero-order valence-corrected chi connectivity index (χ0v) is 15.5. The number of ether oxygens (including phenoxy) is 1. The Morgan fingerprint density at radius 2 is 2.11 bits per heavy atom.